The molecule has 0 aromatic heterocycles. The van der Waals surface area contributed by atoms with Crippen LogP contribution in [-0.2, 0) is 11.3 Å². The molecule has 1 aromatic rings. The SMILES string of the molecule is O=C(O)CNC1CCN(Cc2ccc(F)cc2)C1. The minimum Gasteiger partial charge on any atom is -0.480 e. The van der Waals surface area contributed by atoms with Crippen LogP contribution in [0.2, 0.25) is 0 Å². The summed E-state index contributed by atoms with van der Waals surface area (Å²) in [6.45, 7) is 2.57. The van der Waals surface area contributed by atoms with Crippen LogP contribution in [0.1, 0.15) is 12.0 Å². The summed E-state index contributed by atoms with van der Waals surface area (Å²) in [5.74, 6) is -1.05. The highest BCUT2D eigenvalue weighted by molar-refractivity contribution is 5.69. The van der Waals surface area contributed by atoms with E-state index in [0.29, 0.717) is 0 Å². The molecule has 18 heavy (non-hydrogen) atoms. The summed E-state index contributed by atoms with van der Waals surface area (Å²) >= 11 is 0. The Hall–Kier alpha value is -1.46. The van der Waals surface area contributed by atoms with Gasteiger partial charge in [0.05, 0.1) is 6.54 Å². The lowest BCUT2D eigenvalue weighted by molar-refractivity contribution is -0.136. The molecular weight excluding hydrogens is 235 g/mol. The van der Waals surface area contributed by atoms with Gasteiger partial charge in [-0.3, -0.25) is 9.69 Å². The Morgan fingerprint density at radius 3 is 2.83 bits per heavy atom. The van der Waals surface area contributed by atoms with Crippen molar-refractivity contribution in [2.24, 2.45) is 0 Å². The lowest BCUT2D eigenvalue weighted by Gasteiger charge is -2.16. The number of carboxylic acid groups (broad SMARTS) is 1. The molecule has 1 fully saturated rings. The van der Waals surface area contributed by atoms with Gasteiger partial charge in [-0.05, 0) is 24.1 Å². The Morgan fingerprint density at radius 1 is 1.44 bits per heavy atom. The molecule has 0 amide bonds. The van der Waals surface area contributed by atoms with E-state index >= 15 is 0 Å². The summed E-state index contributed by atoms with van der Waals surface area (Å²) in [4.78, 5) is 12.7. The number of nitrogens with zero attached hydrogens (tertiary/aromatic N) is 1. The smallest absolute Gasteiger partial charge is 0.317 e. The molecule has 0 spiro atoms. The van der Waals surface area contributed by atoms with E-state index in [2.05, 4.69) is 10.2 Å². The Morgan fingerprint density at radius 2 is 2.17 bits per heavy atom. The number of benzene rings is 1. The first-order chi connectivity index (χ1) is 8.63. The van der Waals surface area contributed by atoms with Gasteiger partial charge >= 0.3 is 5.97 Å². The topological polar surface area (TPSA) is 52.6 Å². The van der Waals surface area contributed by atoms with Crippen molar-refractivity contribution in [1.82, 2.24) is 10.2 Å². The van der Waals surface area contributed by atoms with Gasteiger partial charge in [-0.2, -0.15) is 0 Å². The van der Waals surface area contributed by atoms with Crippen molar-refractivity contribution >= 4 is 5.97 Å². The molecule has 0 radical (unpaired) electrons. The molecule has 4 nitrogen and oxygen atoms in total. The lowest BCUT2D eigenvalue weighted by atomic mass is 10.2. The number of nitrogens with one attached hydrogen (secondary N) is 1. The van der Waals surface area contributed by atoms with E-state index in [0.717, 1.165) is 31.6 Å². The maximum absolute atomic E-state index is 12.8. The van der Waals surface area contributed by atoms with Gasteiger partial charge in [0.25, 0.3) is 0 Å². The highest BCUT2D eigenvalue weighted by Crippen LogP contribution is 2.13. The van der Waals surface area contributed by atoms with Crippen LogP contribution in [0.5, 0.6) is 0 Å². The van der Waals surface area contributed by atoms with Crippen molar-refractivity contribution in [2.75, 3.05) is 19.6 Å². The van der Waals surface area contributed by atoms with Crippen molar-refractivity contribution in [3.63, 3.8) is 0 Å². The van der Waals surface area contributed by atoms with Crippen LogP contribution < -0.4 is 5.32 Å². The monoisotopic (exact) mass is 252 g/mol. The van der Waals surface area contributed by atoms with E-state index in [-0.39, 0.29) is 18.4 Å². The van der Waals surface area contributed by atoms with Gasteiger partial charge in [0, 0.05) is 25.7 Å². The predicted octanol–water partition coefficient (Wildman–Crippen LogP) is 1.07. The molecule has 1 aromatic carbocycles. The maximum atomic E-state index is 12.8. The number of carbonyl (C=O) groups is 1. The molecule has 1 aliphatic rings. The van der Waals surface area contributed by atoms with Gasteiger partial charge in [-0.15, -0.1) is 0 Å². The van der Waals surface area contributed by atoms with Crippen molar-refractivity contribution in [3.05, 3.63) is 35.6 Å². The summed E-state index contributed by atoms with van der Waals surface area (Å²) in [6.07, 6.45) is 0.953. The molecular formula is C13H17FN2O2. The van der Waals surface area contributed by atoms with Crippen LogP contribution >= 0.6 is 0 Å². The minimum absolute atomic E-state index is 0.00898. The van der Waals surface area contributed by atoms with Crippen LogP contribution in [0.4, 0.5) is 4.39 Å². The molecule has 2 rings (SSSR count). The van der Waals surface area contributed by atoms with Crippen molar-refractivity contribution in [2.45, 2.75) is 19.0 Å². The first kappa shape index (κ1) is 13.0. The standard InChI is InChI=1S/C13H17FN2O2/c14-11-3-1-10(2-4-11)8-16-6-5-12(9-16)15-7-13(17)18/h1-4,12,15H,5-9H2,(H,17,18). The fourth-order valence-corrected chi connectivity index (χ4v) is 2.22. The number of halogens is 1. The van der Waals surface area contributed by atoms with Crippen molar-refractivity contribution < 1.29 is 14.3 Å². The van der Waals surface area contributed by atoms with Gasteiger partial charge in [0.1, 0.15) is 5.82 Å². The van der Waals surface area contributed by atoms with Crippen LogP contribution in [-0.4, -0.2) is 41.7 Å². The van der Waals surface area contributed by atoms with Crippen LogP contribution in [0.15, 0.2) is 24.3 Å². The number of hydrogen-bond donors (Lipinski definition) is 2. The number of carboxylic acids is 1. The van der Waals surface area contributed by atoms with Gasteiger partial charge < -0.3 is 10.4 Å². The fourth-order valence-electron chi connectivity index (χ4n) is 2.22. The van der Waals surface area contributed by atoms with Gasteiger partial charge in [-0.1, -0.05) is 12.1 Å². The quantitative estimate of drug-likeness (QED) is 0.823. The first-order valence-electron chi connectivity index (χ1n) is 6.05. The van der Waals surface area contributed by atoms with E-state index < -0.39 is 5.97 Å². The normalized spacial score (nSPS) is 20.2. The summed E-state index contributed by atoms with van der Waals surface area (Å²) in [5.41, 5.74) is 1.08. The maximum Gasteiger partial charge on any atom is 0.317 e. The first-order valence-corrected chi connectivity index (χ1v) is 6.05. The third-order valence-electron chi connectivity index (χ3n) is 3.13. The fraction of sp³-hybridized carbons (Fsp3) is 0.462. The third kappa shape index (κ3) is 3.78. The zero-order valence-electron chi connectivity index (χ0n) is 10.1. The highest BCUT2D eigenvalue weighted by atomic mass is 19.1. The second-order valence-corrected chi connectivity index (χ2v) is 4.62. The Bertz CT molecular complexity index is 408. The van der Waals surface area contributed by atoms with Crippen LogP contribution in [0, 0.1) is 5.82 Å². The highest BCUT2D eigenvalue weighted by Gasteiger charge is 2.22. The molecule has 98 valence electrons. The molecule has 0 bridgehead atoms. The van der Waals surface area contributed by atoms with E-state index in [1.807, 2.05) is 0 Å². The number of aliphatic carboxylic acids is 1. The zero-order valence-corrected chi connectivity index (χ0v) is 10.1. The average Bonchev–Trinajstić information content (AvgIpc) is 2.77. The second kappa shape index (κ2) is 5.93. The van der Waals surface area contributed by atoms with E-state index in [1.165, 1.54) is 12.1 Å². The average molecular weight is 252 g/mol. The van der Waals surface area contributed by atoms with Crippen molar-refractivity contribution in [3.8, 4) is 0 Å². The largest absolute Gasteiger partial charge is 0.480 e. The van der Waals surface area contributed by atoms with Crippen molar-refractivity contribution in [1.29, 1.82) is 0 Å². The van der Waals surface area contributed by atoms with E-state index in [1.54, 1.807) is 12.1 Å². The summed E-state index contributed by atoms with van der Waals surface area (Å²) in [6, 6.07) is 6.74. The van der Waals surface area contributed by atoms with Crippen LogP contribution in [0.25, 0.3) is 0 Å². The Balaban J connectivity index is 1.78. The Kier molecular flexibility index (Phi) is 4.28. The van der Waals surface area contributed by atoms with Gasteiger partial charge in [0.15, 0.2) is 0 Å². The number of hydrogen-bond acceptors (Lipinski definition) is 3. The minimum atomic E-state index is -0.827. The predicted molar refractivity (Wildman–Crippen MR) is 65.7 cm³/mol. The second-order valence-electron chi connectivity index (χ2n) is 4.62. The summed E-state index contributed by atoms with van der Waals surface area (Å²) in [7, 11) is 0. The molecule has 1 unspecified atom stereocenters. The van der Waals surface area contributed by atoms with Gasteiger partial charge in [-0.25, -0.2) is 4.39 Å². The van der Waals surface area contributed by atoms with E-state index in [9.17, 15) is 9.18 Å². The Labute approximate surface area is 105 Å². The molecule has 1 heterocycles. The molecule has 2 N–H and O–H groups in total. The third-order valence-corrected chi connectivity index (χ3v) is 3.13. The molecule has 1 atom stereocenters. The van der Waals surface area contributed by atoms with Gasteiger partial charge in [0.2, 0.25) is 0 Å². The lowest BCUT2D eigenvalue weighted by Crippen LogP contribution is -2.35. The molecule has 0 saturated carbocycles. The summed E-state index contributed by atoms with van der Waals surface area (Å²) < 4.78 is 12.8. The number of likely N-dealkylation sites (tertiary alicyclic amines) is 1. The molecule has 5 heteroatoms. The number of rotatable bonds is 5. The zero-order chi connectivity index (χ0) is 13.0. The molecule has 1 saturated heterocycles. The summed E-state index contributed by atoms with van der Waals surface area (Å²) in [5, 5.41) is 11.6. The van der Waals surface area contributed by atoms with Crippen LogP contribution in [0.3, 0.4) is 0 Å². The molecule has 1 aliphatic heterocycles. The molecule has 0 aliphatic carbocycles. The van der Waals surface area contributed by atoms with E-state index in [4.69, 9.17) is 5.11 Å².